The zero-order valence-electron chi connectivity index (χ0n) is 13.7. The maximum atomic E-state index is 12.8. The lowest BCUT2D eigenvalue weighted by Gasteiger charge is -2.46. The third-order valence-electron chi connectivity index (χ3n) is 3.83. The zero-order valence-corrected chi connectivity index (χ0v) is 13.7. The number of carbonyl (C=O) groups excluding carboxylic acids is 1. The van der Waals surface area contributed by atoms with Gasteiger partial charge in [0.1, 0.15) is 5.82 Å². The molecule has 0 radical (unpaired) electrons. The summed E-state index contributed by atoms with van der Waals surface area (Å²) in [6, 6.07) is 6.22. The Labute approximate surface area is 132 Å². The molecule has 0 unspecified atom stereocenters. The summed E-state index contributed by atoms with van der Waals surface area (Å²) in [5.74, 6) is -0.386. The minimum absolute atomic E-state index is 0.000365. The summed E-state index contributed by atoms with van der Waals surface area (Å²) >= 11 is 0. The quantitative estimate of drug-likeness (QED) is 0.842. The number of nitrogens with one attached hydrogen (secondary N) is 2. The van der Waals surface area contributed by atoms with Crippen LogP contribution in [0.3, 0.4) is 0 Å². The highest BCUT2D eigenvalue weighted by Crippen LogP contribution is 2.28. The molecule has 22 heavy (non-hydrogen) atoms. The van der Waals surface area contributed by atoms with E-state index in [0.29, 0.717) is 0 Å². The van der Waals surface area contributed by atoms with Crippen molar-refractivity contribution in [3.8, 4) is 0 Å². The fraction of sp³-hybridized carbons (Fsp3) is 0.500. The van der Waals surface area contributed by atoms with Gasteiger partial charge in [0.25, 0.3) is 0 Å². The first kappa shape index (κ1) is 16.7. The smallest absolute Gasteiger partial charge is 0.244 e. The third-order valence-corrected chi connectivity index (χ3v) is 3.83. The van der Waals surface area contributed by atoms with E-state index in [-0.39, 0.29) is 28.8 Å². The summed E-state index contributed by atoms with van der Waals surface area (Å²) in [5.41, 5.74) is 0.809. The molecule has 1 amide bonds. The molecule has 1 heterocycles. The molecular weight excluding hydrogens is 279 g/mol. The number of halogens is 1. The number of carbonyl (C=O) groups is 1. The van der Waals surface area contributed by atoms with E-state index in [9.17, 15) is 9.18 Å². The van der Waals surface area contributed by atoms with Gasteiger partial charge in [0.2, 0.25) is 5.91 Å². The van der Waals surface area contributed by atoms with Crippen molar-refractivity contribution in [2.75, 3.05) is 0 Å². The van der Waals surface area contributed by atoms with Crippen molar-refractivity contribution < 1.29 is 9.18 Å². The summed E-state index contributed by atoms with van der Waals surface area (Å²) < 4.78 is 12.8. The van der Waals surface area contributed by atoms with Crippen LogP contribution in [0.5, 0.6) is 0 Å². The fourth-order valence-electron chi connectivity index (χ4n) is 3.42. The summed E-state index contributed by atoms with van der Waals surface area (Å²) in [6.07, 6.45) is 5.00. The molecule has 0 aliphatic carbocycles. The number of hydrogen-bond donors (Lipinski definition) is 2. The second kappa shape index (κ2) is 6.21. The van der Waals surface area contributed by atoms with Crippen LogP contribution in [0.1, 0.15) is 46.1 Å². The van der Waals surface area contributed by atoms with E-state index in [4.69, 9.17) is 0 Å². The van der Waals surface area contributed by atoms with Gasteiger partial charge in [-0.3, -0.25) is 4.79 Å². The number of piperidine rings is 1. The Kier molecular flexibility index (Phi) is 4.71. The van der Waals surface area contributed by atoms with Crippen molar-refractivity contribution in [3.63, 3.8) is 0 Å². The van der Waals surface area contributed by atoms with Crippen LogP contribution in [-0.2, 0) is 4.79 Å². The van der Waals surface area contributed by atoms with E-state index in [0.717, 1.165) is 18.4 Å². The Morgan fingerprint density at radius 1 is 1.18 bits per heavy atom. The van der Waals surface area contributed by atoms with Crippen LogP contribution in [-0.4, -0.2) is 23.0 Å². The first-order valence-corrected chi connectivity index (χ1v) is 7.69. The second-order valence-electron chi connectivity index (χ2n) is 7.39. The van der Waals surface area contributed by atoms with Crippen molar-refractivity contribution in [2.24, 2.45) is 0 Å². The van der Waals surface area contributed by atoms with Crippen molar-refractivity contribution >= 4 is 12.0 Å². The van der Waals surface area contributed by atoms with E-state index in [1.54, 1.807) is 18.2 Å². The lowest BCUT2D eigenvalue weighted by molar-refractivity contribution is -0.117. The molecule has 0 atom stereocenters. The standard InChI is InChI=1S/C18H25FN2O/c1-17(2)11-15(12-18(3,4)21-17)20-16(22)10-7-13-5-8-14(19)9-6-13/h5-10,15,21H,11-12H2,1-4H3,(H,20,22)/b10-7+. The first-order valence-electron chi connectivity index (χ1n) is 7.69. The van der Waals surface area contributed by atoms with Crippen LogP contribution in [0, 0.1) is 5.82 Å². The van der Waals surface area contributed by atoms with Gasteiger partial charge in [-0.1, -0.05) is 12.1 Å². The Morgan fingerprint density at radius 2 is 1.73 bits per heavy atom. The van der Waals surface area contributed by atoms with Crippen molar-refractivity contribution in [1.82, 2.24) is 10.6 Å². The topological polar surface area (TPSA) is 41.1 Å². The van der Waals surface area contributed by atoms with Gasteiger partial charge in [-0.2, -0.15) is 0 Å². The predicted molar refractivity (Wildman–Crippen MR) is 87.9 cm³/mol. The van der Waals surface area contributed by atoms with Gasteiger partial charge in [0.05, 0.1) is 0 Å². The molecule has 1 aliphatic heterocycles. The largest absolute Gasteiger partial charge is 0.350 e. The average molecular weight is 304 g/mol. The van der Waals surface area contributed by atoms with Gasteiger partial charge in [-0.15, -0.1) is 0 Å². The molecule has 0 spiro atoms. The predicted octanol–water partition coefficient (Wildman–Crippen LogP) is 3.26. The van der Waals surface area contributed by atoms with E-state index < -0.39 is 0 Å². The Hall–Kier alpha value is -1.68. The van der Waals surface area contributed by atoms with Crippen molar-refractivity contribution in [2.45, 2.75) is 57.7 Å². The molecule has 1 aromatic rings. The Morgan fingerprint density at radius 3 is 2.27 bits per heavy atom. The van der Waals surface area contributed by atoms with E-state index in [1.807, 2.05) is 0 Å². The maximum Gasteiger partial charge on any atom is 0.244 e. The molecule has 1 saturated heterocycles. The van der Waals surface area contributed by atoms with Crippen LogP contribution in [0.15, 0.2) is 30.3 Å². The van der Waals surface area contributed by atoms with Crippen LogP contribution in [0.4, 0.5) is 4.39 Å². The summed E-state index contributed by atoms with van der Waals surface area (Å²) in [6.45, 7) is 8.62. The number of rotatable bonds is 3. The highest BCUT2D eigenvalue weighted by atomic mass is 19.1. The fourth-order valence-corrected chi connectivity index (χ4v) is 3.42. The second-order valence-corrected chi connectivity index (χ2v) is 7.39. The maximum absolute atomic E-state index is 12.8. The van der Waals surface area contributed by atoms with Crippen molar-refractivity contribution in [1.29, 1.82) is 0 Å². The number of benzene rings is 1. The van der Waals surface area contributed by atoms with Gasteiger partial charge in [-0.25, -0.2) is 4.39 Å². The third kappa shape index (κ3) is 4.95. The van der Waals surface area contributed by atoms with Gasteiger partial charge in [0.15, 0.2) is 0 Å². The molecule has 120 valence electrons. The lowest BCUT2D eigenvalue weighted by Crippen LogP contribution is -2.62. The molecule has 1 aromatic carbocycles. The van der Waals surface area contributed by atoms with E-state index in [1.165, 1.54) is 18.2 Å². The van der Waals surface area contributed by atoms with Crippen LogP contribution in [0.2, 0.25) is 0 Å². The van der Waals surface area contributed by atoms with Crippen LogP contribution in [0.25, 0.3) is 6.08 Å². The molecule has 3 nitrogen and oxygen atoms in total. The molecule has 0 bridgehead atoms. The average Bonchev–Trinajstić information content (AvgIpc) is 2.34. The summed E-state index contributed by atoms with van der Waals surface area (Å²) in [4.78, 5) is 12.1. The SMILES string of the molecule is CC1(C)CC(NC(=O)/C=C/c2ccc(F)cc2)CC(C)(C)N1. The van der Waals surface area contributed by atoms with Gasteiger partial charge >= 0.3 is 0 Å². The molecule has 1 fully saturated rings. The molecule has 0 aromatic heterocycles. The lowest BCUT2D eigenvalue weighted by atomic mass is 9.79. The first-order chi connectivity index (χ1) is 10.2. The molecule has 2 N–H and O–H groups in total. The molecular formula is C18H25FN2O. The van der Waals surface area contributed by atoms with E-state index in [2.05, 4.69) is 38.3 Å². The highest BCUT2D eigenvalue weighted by molar-refractivity contribution is 5.91. The highest BCUT2D eigenvalue weighted by Gasteiger charge is 2.37. The van der Waals surface area contributed by atoms with Gasteiger partial charge in [0, 0.05) is 23.2 Å². The monoisotopic (exact) mass is 304 g/mol. The van der Waals surface area contributed by atoms with Crippen molar-refractivity contribution in [3.05, 3.63) is 41.7 Å². The van der Waals surface area contributed by atoms with Crippen LogP contribution >= 0.6 is 0 Å². The summed E-state index contributed by atoms with van der Waals surface area (Å²) in [5, 5.41) is 6.67. The molecule has 1 aliphatic rings. The zero-order chi connectivity index (χ0) is 16.4. The minimum atomic E-state index is -0.277. The number of amides is 1. The minimum Gasteiger partial charge on any atom is -0.350 e. The number of hydrogen-bond acceptors (Lipinski definition) is 2. The van der Waals surface area contributed by atoms with Gasteiger partial charge in [-0.05, 0) is 64.3 Å². The normalized spacial score (nSPS) is 21.0. The Balaban J connectivity index is 1.95. The molecule has 0 saturated carbocycles. The summed E-state index contributed by atoms with van der Waals surface area (Å²) in [7, 11) is 0. The molecule has 4 heteroatoms. The Bertz CT molecular complexity index is 545. The molecule has 2 rings (SSSR count). The van der Waals surface area contributed by atoms with Gasteiger partial charge < -0.3 is 10.6 Å². The van der Waals surface area contributed by atoms with Crippen LogP contribution < -0.4 is 10.6 Å². The van der Waals surface area contributed by atoms with E-state index >= 15 is 0 Å².